The molecule has 0 spiro atoms. The van der Waals surface area contributed by atoms with Gasteiger partial charge in [0.1, 0.15) is 5.75 Å². The summed E-state index contributed by atoms with van der Waals surface area (Å²) >= 11 is 0. The second-order valence-corrected chi connectivity index (χ2v) is 4.18. The third-order valence-corrected chi connectivity index (χ3v) is 2.29. The summed E-state index contributed by atoms with van der Waals surface area (Å²) in [5.41, 5.74) is 6.88. The molecule has 1 rings (SSSR count). The molecule has 4 nitrogen and oxygen atoms in total. The summed E-state index contributed by atoms with van der Waals surface area (Å²) in [5, 5.41) is 9.61. The van der Waals surface area contributed by atoms with Crippen LogP contribution < -0.4 is 5.73 Å². The number of carbonyl (C=O) groups excluding carboxylic acids is 1. The number of aromatic hydroxyl groups is 1. The molecule has 0 radical (unpaired) electrons. The van der Waals surface area contributed by atoms with Gasteiger partial charge in [-0.1, -0.05) is 11.6 Å². The van der Waals surface area contributed by atoms with E-state index in [4.69, 9.17) is 5.73 Å². The van der Waals surface area contributed by atoms with Gasteiger partial charge in [-0.25, -0.2) is 0 Å². The zero-order chi connectivity index (χ0) is 12.3. The van der Waals surface area contributed by atoms with Crippen molar-refractivity contribution in [3.05, 3.63) is 29.3 Å². The van der Waals surface area contributed by atoms with Gasteiger partial charge in [-0.15, -0.1) is 0 Å². The van der Waals surface area contributed by atoms with Crippen LogP contribution >= 0.6 is 0 Å². The highest BCUT2D eigenvalue weighted by molar-refractivity contribution is 5.96. The van der Waals surface area contributed by atoms with Crippen molar-refractivity contribution in [2.24, 2.45) is 5.73 Å². The highest BCUT2D eigenvalue weighted by atomic mass is 16.3. The van der Waals surface area contributed by atoms with Gasteiger partial charge in [0.15, 0.2) is 0 Å². The minimum Gasteiger partial charge on any atom is -0.507 e. The standard InChI is InChI=1S/C12H18N2O2/c1-8-4-5-11(15)10(6-8)12(16)14(3)7-9(2)13/h4-6,9,15H,7,13H2,1-3H3. The molecule has 88 valence electrons. The molecule has 0 bridgehead atoms. The molecule has 0 aliphatic heterocycles. The Balaban J connectivity index is 2.91. The summed E-state index contributed by atoms with van der Waals surface area (Å²) in [4.78, 5) is 13.5. The number of phenolic OH excluding ortho intramolecular Hbond substituents is 1. The third-order valence-electron chi connectivity index (χ3n) is 2.29. The average molecular weight is 222 g/mol. The van der Waals surface area contributed by atoms with Crippen molar-refractivity contribution in [3.63, 3.8) is 0 Å². The SMILES string of the molecule is Cc1ccc(O)c(C(=O)N(C)CC(C)N)c1. The molecule has 0 aliphatic rings. The first kappa shape index (κ1) is 12.5. The van der Waals surface area contributed by atoms with Gasteiger partial charge in [0.2, 0.25) is 0 Å². The fraction of sp³-hybridized carbons (Fsp3) is 0.417. The van der Waals surface area contributed by atoms with Crippen molar-refractivity contribution in [1.29, 1.82) is 0 Å². The van der Waals surface area contributed by atoms with Crippen molar-refractivity contribution in [2.75, 3.05) is 13.6 Å². The zero-order valence-electron chi connectivity index (χ0n) is 9.90. The first-order valence-corrected chi connectivity index (χ1v) is 5.22. The Labute approximate surface area is 95.7 Å². The smallest absolute Gasteiger partial charge is 0.257 e. The van der Waals surface area contributed by atoms with Crippen LogP contribution in [0.1, 0.15) is 22.8 Å². The van der Waals surface area contributed by atoms with E-state index in [0.717, 1.165) is 5.56 Å². The minimum absolute atomic E-state index is 0.00660. The van der Waals surface area contributed by atoms with Crippen molar-refractivity contribution in [3.8, 4) is 5.75 Å². The maximum absolute atomic E-state index is 12.0. The Bertz CT molecular complexity index is 389. The molecule has 1 aromatic rings. The largest absolute Gasteiger partial charge is 0.507 e. The Morgan fingerprint density at radius 2 is 2.19 bits per heavy atom. The van der Waals surface area contributed by atoms with Crippen LogP contribution in [0.15, 0.2) is 18.2 Å². The molecule has 0 saturated heterocycles. The van der Waals surface area contributed by atoms with Crippen LogP contribution in [0, 0.1) is 6.92 Å². The summed E-state index contributed by atoms with van der Waals surface area (Å²) in [6.45, 7) is 4.17. The van der Waals surface area contributed by atoms with E-state index in [9.17, 15) is 9.90 Å². The van der Waals surface area contributed by atoms with Gasteiger partial charge in [-0.3, -0.25) is 4.79 Å². The van der Waals surface area contributed by atoms with Gasteiger partial charge < -0.3 is 15.7 Å². The number of likely N-dealkylation sites (N-methyl/N-ethyl adjacent to an activating group) is 1. The summed E-state index contributed by atoms with van der Waals surface area (Å²) in [5.74, 6) is -0.203. The normalized spacial score (nSPS) is 12.2. The summed E-state index contributed by atoms with van der Waals surface area (Å²) in [6.07, 6.45) is 0. The van der Waals surface area contributed by atoms with Crippen molar-refractivity contribution >= 4 is 5.91 Å². The van der Waals surface area contributed by atoms with Crippen LogP contribution in [0.3, 0.4) is 0 Å². The molecule has 0 aromatic heterocycles. The number of carbonyl (C=O) groups is 1. The lowest BCUT2D eigenvalue weighted by Gasteiger charge is -2.20. The van der Waals surface area contributed by atoms with E-state index in [0.29, 0.717) is 12.1 Å². The number of nitrogens with two attached hydrogens (primary N) is 1. The quantitative estimate of drug-likeness (QED) is 0.805. The maximum atomic E-state index is 12.0. The highest BCUT2D eigenvalue weighted by Gasteiger charge is 2.16. The van der Waals surface area contributed by atoms with Gasteiger partial charge in [0.25, 0.3) is 5.91 Å². The van der Waals surface area contributed by atoms with Gasteiger partial charge in [-0.05, 0) is 26.0 Å². The van der Waals surface area contributed by atoms with Crippen molar-refractivity contribution < 1.29 is 9.90 Å². The molecular weight excluding hydrogens is 204 g/mol. The fourth-order valence-corrected chi connectivity index (χ4v) is 1.54. The first-order chi connectivity index (χ1) is 7.41. The first-order valence-electron chi connectivity index (χ1n) is 5.22. The third kappa shape index (κ3) is 2.97. The maximum Gasteiger partial charge on any atom is 0.257 e. The van der Waals surface area contributed by atoms with E-state index in [1.54, 1.807) is 19.2 Å². The number of amides is 1. The molecule has 1 amide bonds. The molecule has 4 heteroatoms. The van der Waals surface area contributed by atoms with E-state index in [1.807, 2.05) is 13.8 Å². The number of phenols is 1. The summed E-state index contributed by atoms with van der Waals surface area (Å²) < 4.78 is 0. The molecule has 0 aliphatic carbocycles. The molecule has 1 atom stereocenters. The Hall–Kier alpha value is -1.55. The van der Waals surface area contributed by atoms with Crippen molar-refractivity contribution in [2.45, 2.75) is 19.9 Å². The molecule has 0 saturated carbocycles. The minimum atomic E-state index is -0.210. The lowest BCUT2D eigenvalue weighted by molar-refractivity contribution is 0.0785. The molecule has 0 fully saturated rings. The van der Waals surface area contributed by atoms with Crippen LogP contribution in [0.2, 0.25) is 0 Å². The van der Waals surface area contributed by atoms with E-state index in [1.165, 1.54) is 11.0 Å². The van der Waals surface area contributed by atoms with E-state index in [2.05, 4.69) is 0 Å². The average Bonchev–Trinajstić information content (AvgIpc) is 2.19. The van der Waals surface area contributed by atoms with Crippen LogP contribution in [-0.4, -0.2) is 35.5 Å². The molecule has 16 heavy (non-hydrogen) atoms. The molecule has 1 unspecified atom stereocenters. The fourth-order valence-electron chi connectivity index (χ4n) is 1.54. The highest BCUT2D eigenvalue weighted by Crippen LogP contribution is 2.19. The Kier molecular flexibility index (Phi) is 3.90. The van der Waals surface area contributed by atoms with Gasteiger partial charge >= 0.3 is 0 Å². The topological polar surface area (TPSA) is 66.6 Å². The number of hydrogen-bond donors (Lipinski definition) is 2. The summed E-state index contributed by atoms with van der Waals surface area (Å²) in [7, 11) is 1.67. The lowest BCUT2D eigenvalue weighted by Crippen LogP contribution is -2.37. The Morgan fingerprint density at radius 3 is 2.75 bits per heavy atom. The molecule has 3 N–H and O–H groups in total. The van der Waals surface area contributed by atoms with E-state index < -0.39 is 0 Å². The van der Waals surface area contributed by atoms with E-state index >= 15 is 0 Å². The number of nitrogens with zero attached hydrogens (tertiary/aromatic N) is 1. The molecule has 1 aromatic carbocycles. The zero-order valence-corrected chi connectivity index (χ0v) is 9.90. The van der Waals surface area contributed by atoms with Crippen LogP contribution in [-0.2, 0) is 0 Å². The second-order valence-electron chi connectivity index (χ2n) is 4.18. The predicted molar refractivity (Wildman–Crippen MR) is 63.5 cm³/mol. The number of benzene rings is 1. The van der Waals surface area contributed by atoms with Gasteiger partial charge in [0.05, 0.1) is 5.56 Å². The lowest BCUT2D eigenvalue weighted by atomic mass is 10.1. The Morgan fingerprint density at radius 1 is 1.56 bits per heavy atom. The van der Waals surface area contributed by atoms with Crippen LogP contribution in [0.4, 0.5) is 0 Å². The van der Waals surface area contributed by atoms with E-state index in [-0.39, 0.29) is 17.7 Å². The second kappa shape index (κ2) is 4.99. The predicted octanol–water partition coefficient (Wildman–Crippen LogP) is 1.12. The molecular formula is C12H18N2O2. The van der Waals surface area contributed by atoms with Gasteiger partial charge in [-0.2, -0.15) is 0 Å². The van der Waals surface area contributed by atoms with Crippen LogP contribution in [0.25, 0.3) is 0 Å². The number of rotatable bonds is 3. The number of hydrogen-bond acceptors (Lipinski definition) is 3. The van der Waals surface area contributed by atoms with Crippen molar-refractivity contribution in [1.82, 2.24) is 4.90 Å². The van der Waals surface area contributed by atoms with Crippen LogP contribution in [0.5, 0.6) is 5.75 Å². The molecule has 0 heterocycles. The monoisotopic (exact) mass is 222 g/mol. The number of aryl methyl sites for hydroxylation is 1. The van der Waals surface area contributed by atoms with Gasteiger partial charge in [0, 0.05) is 19.6 Å². The summed E-state index contributed by atoms with van der Waals surface area (Å²) in [6, 6.07) is 4.89.